The maximum Gasteiger partial charge on any atom is 0.0129 e. The van der Waals surface area contributed by atoms with Gasteiger partial charge in [-0.05, 0) is 12.8 Å². The minimum absolute atomic E-state index is 0. The molecular formula is C4H10N2Pt. The Hall–Kier alpha value is 0.608. The van der Waals surface area contributed by atoms with Crippen LogP contribution in [0, 0.1) is 0 Å². The summed E-state index contributed by atoms with van der Waals surface area (Å²) in [4.78, 5) is 0. The molecule has 0 unspecified atom stereocenters. The Kier molecular flexibility index (Phi) is 3.90. The molecule has 1 fully saturated rings. The molecule has 0 aliphatic carbocycles. The summed E-state index contributed by atoms with van der Waals surface area (Å²) < 4.78 is 0. The molecule has 3 heteroatoms. The molecule has 0 saturated carbocycles. The van der Waals surface area contributed by atoms with Crippen molar-refractivity contribution in [2.75, 3.05) is 13.1 Å². The zero-order valence-electron chi connectivity index (χ0n) is 4.17. The van der Waals surface area contributed by atoms with Gasteiger partial charge in [-0.25, -0.2) is 5.01 Å². The predicted molar refractivity (Wildman–Crippen MR) is 25.0 cm³/mol. The van der Waals surface area contributed by atoms with E-state index < -0.39 is 0 Å². The average molecular weight is 281 g/mol. The number of nitrogens with two attached hydrogens (primary N) is 1. The van der Waals surface area contributed by atoms with Gasteiger partial charge in [-0.15, -0.1) is 0 Å². The van der Waals surface area contributed by atoms with Crippen molar-refractivity contribution in [1.29, 1.82) is 0 Å². The topological polar surface area (TPSA) is 29.3 Å². The van der Waals surface area contributed by atoms with Gasteiger partial charge in [-0.3, -0.25) is 5.84 Å². The first-order valence-corrected chi connectivity index (χ1v) is 2.39. The molecule has 0 atom stereocenters. The molecule has 0 aromatic heterocycles. The first kappa shape index (κ1) is 7.61. The molecule has 46 valence electrons. The van der Waals surface area contributed by atoms with Gasteiger partial charge in [0.15, 0.2) is 0 Å². The average Bonchev–Trinajstić information content (AvgIpc) is 1.86. The number of hydrogen-bond acceptors (Lipinski definition) is 2. The van der Waals surface area contributed by atoms with Crippen molar-refractivity contribution in [3.63, 3.8) is 0 Å². The molecular weight excluding hydrogens is 271 g/mol. The van der Waals surface area contributed by atoms with Crippen LogP contribution in [0.1, 0.15) is 12.8 Å². The molecule has 0 spiro atoms. The van der Waals surface area contributed by atoms with E-state index in [0.717, 1.165) is 13.1 Å². The SMILES string of the molecule is NN1CCCC1.[Pt]. The van der Waals surface area contributed by atoms with E-state index >= 15 is 0 Å². The van der Waals surface area contributed by atoms with Crippen molar-refractivity contribution < 1.29 is 21.1 Å². The molecule has 1 aliphatic heterocycles. The van der Waals surface area contributed by atoms with Gasteiger partial charge in [0.1, 0.15) is 0 Å². The summed E-state index contributed by atoms with van der Waals surface area (Å²) >= 11 is 0. The third kappa shape index (κ3) is 2.42. The molecule has 0 bridgehead atoms. The van der Waals surface area contributed by atoms with Crippen molar-refractivity contribution in [3.8, 4) is 0 Å². The number of hydrogen-bond donors (Lipinski definition) is 1. The standard InChI is InChI=1S/C4H10N2.Pt/c5-6-3-1-2-4-6;/h1-5H2;. The van der Waals surface area contributed by atoms with Crippen molar-refractivity contribution in [2.45, 2.75) is 12.8 Å². The van der Waals surface area contributed by atoms with E-state index in [-0.39, 0.29) is 21.1 Å². The van der Waals surface area contributed by atoms with Gasteiger partial charge in [0.25, 0.3) is 0 Å². The van der Waals surface area contributed by atoms with Crippen LogP contribution in [0.5, 0.6) is 0 Å². The van der Waals surface area contributed by atoms with E-state index in [1.807, 2.05) is 5.01 Å². The minimum atomic E-state index is 0. The summed E-state index contributed by atoms with van der Waals surface area (Å²) in [5, 5.41) is 1.86. The number of rotatable bonds is 0. The normalized spacial score (nSPS) is 21.9. The van der Waals surface area contributed by atoms with Crippen molar-refractivity contribution in [3.05, 3.63) is 0 Å². The largest absolute Gasteiger partial charge is 0.269 e. The Morgan fingerprint density at radius 2 is 1.57 bits per heavy atom. The molecule has 2 N–H and O–H groups in total. The zero-order valence-corrected chi connectivity index (χ0v) is 6.44. The van der Waals surface area contributed by atoms with E-state index in [1.165, 1.54) is 12.8 Å². The van der Waals surface area contributed by atoms with E-state index in [0.29, 0.717) is 0 Å². The fourth-order valence-corrected chi connectivity index (χ4v) is 0.742. The fourth-order valence-electron chi connectivity index (χ4n) is 0.742. The Bertz CT molecular complexity index is 43.0. The van der Waals surface area contributed by atoms with Crippen molar-refractivity contribution in [2.24, 2.45) is 5.84 Å². The predicted octanol–water partition coefficient (Wildman–Crippen LogP) is -0.0466. The monoisotopic (exact) mass is 281 g/mol. The van der Waals surface area contributed by atoms with Gasteiger partial charge in [0.05, 0.1) is 0 Å². The van der Waals surface area contributed by atoms with Crippen LogP contribution in [-0.2, 0) is 21.1 Å². The third-order valence-corrected chi connectivity index (χ3v) is 1.14. The molecule has 2 nitrogen and oxygen atoms in total. The zero-order chi connectivity index (χ0) is 4.41. The van der Waals surface area contributed by atoms with Gasteiger partial charge in [0.2, 0.25) is 0 Å². The van der Waals surface area contributed by atoms with Crippen LogP contribution < -0.4 is 5.84 Å². The van der Waals surface area contributed by atoms with E-state index in [4.69, 9.17) is 5.84 Å². The van der Waals surface area contributed by atoms with E-state index in [9.17, 15) is 0 Å². The molecule has 1 heterocycles. The Morgan fingerprint density at radius 3 is 1.71 bits per heavy atom. The second kappa shape index (κ2) is 3.59. The second-order valence-corrected chi connectivity index (χ2v) is 1.74. The van der Waals surface area contributed by atoms with Crippen LogP contribution in [-0.4, -0.2) is 18.1 Å². The molecule has 1 aliphatic rings. The van der Waals surface area contributed by atoms with Crippen molar-refractivity contribution in [1.82, 2.24) is 5.01 Å². The van der Waals surface area contributed by atoms with Gasteiger partial charge < -0.3 is 0 Å². The molecule has 0 aromatic rings. The van der Waals surface area contributed by atoms with Gasteiger partial charge >= 0.3 is 0 Å². The Morgan fingerprint density at radius 1 is 1.14 bits per heavy atom. The third-order valence-electron chi connectivity index (χ3n) is 1.14. The smallest absolute Gasteiger partial charge is 0.0129 e. The number of hydrazine groups is 1. The van der Waals surface area contributed by atoms with Crippen molar-refractivity contribution >= 4 is 0 Å². The summed E-state index contributed by atoms with van der Waals surface area (Å²) in [6, 6.07) is 0. The Balaban J connectivity index is 0.000000360. The van der Waals surface area contributed by atoms with Gasteiger partial charge in [-0.1, -0.05) is 0 Å². The first-order valence-electron chi connectivity index (χ1n) is 2.39. The molecule has 0 radical (unpaired) electrons. The molecule has 0 amide bonds. The first-order chi connectivity index (χ1) is 2.89. The summed E-state index contributed by atoms with van der Waals surface area (Å²) in [6.45, 7) is 2.19. The van der Waals surface area contributed by atoms with Gasteiger partial charge in [0, 0.05) is 34.2 Å². The van der Waals surface area contributed by atoms with Gasteiger partial charge in [-0.2, -0.15) is 0 Å². The van der Waals surface area contributed by atoms with Crippen LogP contribution in [0.4, 0.5) is 0 Å². The van der Waals surface area contributed by atoms with E-state index in [2.05, 4.69) is 0 Å². The maximum atomic E-state index is 5.37. The maximum absolute atomic E-state index is 5.37. The second-order valence-electron chi connectivity index (χ2n) is 1.74. The van der Waals surface area contributed by atoms with Crippen LogP contribution >= 0.6 is 0 Å². The molecule has 1 saturated heterocycles. The van der Waals surface area contributed by atoms with Crippen LogP contribution in [0.25, 0.3) is 0 Å². The minimum Gasteiger partial charge on any atom is -0.269 e. The summed E-state index contributed by atoms with van der Waals surface area (Å²) in [6.07, 6.45) is 2.58. The van der Waals surface area contributed by atoms with E-state index in [1.54, 1.807) is 0 Å². The Labute approximate surface area is 58.3 Å². The molecule has 0 aromatic carbocycles. The summed E-state index contributed by atoms with van der Waals surface area (Å²) in [5.41, 5.74) is 0. The molecule has 7 heavy (non-hydrogen) atoms. The molecule has 1 rings (SSSR count). The fraction of sp³-hybridized carbons (Fsp3) is 1.00. The quantitative estimate of drug-likeness (QED) is 0.631. The van der Waals surface area contributed by atoms with Crippen LogP contribution in [0.3, 0.4) is 0 Å². The van der Waals surface area contributed by atoms with Crippen LogP contribution in [0.2, 0.25) is 0 Å². The number of nitrogens with zero attached hydrogens (tertiary/aromatic N) is 1. The summed E-state index contributed by atoms with van der Waals surface area (Å²) in [5.74, 6) is 5.37. The van der Waals surface area contributed by atoms with Crippen LogP contribution in [0.15, 0.2) is 0 Å². The summed E-state index contributed by atoms with van der Waals surface area (Å²) in [7, 11) is 0.